The topological polar surface area (TPSA) is 420 Å². The van der Waals surface area contributed by atoms with Crippen LogP contribution in [0, 0.1) is 0 Å². The third-order valence-corrected chi connectivity index (χ3v) is 8.57. The predicted octanol–water partition coefficient (Wildman–Crippen LogP) is -5.97. The molecule has 0 saturated carbocycles. The summed E-state index contributed by atoms with van der Waals surface area (Å²) in [6, 6.07) is 0. The summed E-state index contributed by atoms with van der Waals surface area (Å²) in [5, 5.41) is 26.5. The zero-order valence-corrected chi connectivity index (χ0v) is 29.1. The molecular formula is C20H36N4O23S4. The van der Waals surface area contributed by atoms with Crippen molar-refractivity contribution in [1.29, 1.82) is 0 Å². The van der Waals surface area contributed by atoms with Crippen LogP contribution in [0.1, 0.15) is 0 Å². The van der Waals surface area contributed by atoms with E-state index in [1.807, 2.05) is 21.3 Å². The van der Waals surface area contributed by atoms with Gasteiger partial charge in [0.25, 0.3) is 46.4 Å². The average Bonchev–Trinajstić information content (AvgIpc) is 2.95. The Balaban J connectivity index is 3.67. The molecular weight excluding hydrogens is 792 g/mol. The molecule has 27 nitrogen and oxygen atoms in total. The number of aliphatic hydroxyl groups is 2. The van der Waals surface area contributed by atoms with Crippen LogP contribution in [-0.4, -0.2) is 185 Å². The Kier molecular flexibility index (Phi) is 18.1. The smallest absolute Gasteiger partial charge is 0.407 e. The van der Waals surface area contributed by atoms with Crippen molar-refractivity contribution in [2.45, 2.75) is 36.8 Å². The highest BCUT2D eigenvalue weighted by Gasteiger charge is 2.55. The molecule has 1 aliphatic heterocycles. The van der Waals surface area contributed by atoms with Crippen molar-refractivity contribution in [3.8, 4) is 0 Å². The minimum absolute atomic E-state index is 0.809. The molecule has 1 fully saturated rings. The Bertz CT molecular complexity index is 1640. The lowest BCUT2D eigenvalue weighted by Gasteiger charge is -2.43. The van der Waals surface area contributed by atoms with Crippen LogP contribution in [0.15, 0.2) is 0 Å². The van der Waals surface area contributed by atoms with Gasteiger partial charge in [0.1, 0.15) is 6.10 Å². The van der Waals surface area contributed by atoms with Gasteiger partial charge in [0.05, 0.1) is 36.2 Å². The Hall–Kier alpha value is -3.24. The van der Waals surface area contributed by atoms with Crippen LogP contribution in [0.4, 0.5) is 14.4 Å². The minimum Gasteiger partial charge on any atom is -0.439 e. The van der Waals surface area contributed by atoms with Crippen LogP contribution in [0.3, 0.4) is 0 Å². The normalized spacial score (nSPS) is 21.8. The summed E-state index contributed by atoms with van der Waals surface area (Å²) >= 11 is 0. The van der Waals surface area contributed by atoms with Gasteiger partial charge in [-0.15, -0.1) is 0 Å². The third-order valence-electron chi connectivity index (χ3n) is 5.69. The first kappa shape index (κ1) is 45.8. The van der Waals surface area contributed by atoms with Gasteiger partial charge in [-0.25, -0.2) is 14.4 Å². The van der Waals surface area contributed by atoms with Gasteiger partial charge >= 0.3 is 18.3 Å². The van der Waals surface area contributed by atoms with Gasteiger partial charge in [-0.2, -0.15) is 33.7 Å². The zero-order chi connectivity index (χ0) is 39.2. The number of nitrogens with one attached hydrogen (secondary N) is 4. The molecule has 0 aromatic rings. The molecule has 298 valence electrons. The molecule has 0 radical (unpaired) electrons. The Morgan fingerprint density at radius 1 is 0.588 bits per heavy atom. The molecule has 51 heavy (non-hydrogen) atoms. The van der Waals surface area contributed by atoms with Gasteiger partial charge in [-0.05, 0) is 0 Å². The molecule has 1 saturated heterocycles. The summed E-state index contributed by atoms with van der Waals surface area (Å²) in [4.78, 5) is 51.3. The lowest BCUT2D eigenvalue weighted by Crippen LogP contribution is -2.66. The summed E-state index contributed by atoms with van der Waals surface area (Å²) in [6.45, 7) is -5.16. The Morgan fingerprint density at radius 2 is 0.941 bits per heavy atom. The molecule has 1 rings (SSSR count). The number of carbonyl (C=O) groups is 4. The van der Waals surface area contributed by atoms with E-state index in [4.69, 9.17) is 41.9 Å². The van der Waals surface area contributed by atoms with Crippen LogP contribution in [0.2, 0.25) is 0 Å². The van der Waals surface area contributed by atoms with E-state index in [1.165, 1.54) is 0 Å². The lowest BCUT2D eigenvalue weighted by atomic mass is 9.97. The van der Waals surface area contributed by atoms with Gasteiger partial charge < -0.3 is 55.2 Å². The van der Waals surface area contributed by atoms with E-state index in [1.54, 1.807) is 0 Å². The standard InChI is InChI=1S/C20H36N4O23S4/c25-9-11(26)10-43-17-15(47-20(30)24-4-8-51(40,41)42)13(46-19(29)23-3-7-50(37,38)39)12(45-18(28)22-2-6-49(34,35)36)14(44-17)16(27)21-1-5-48(31,32)33/h11-15,17,25-26H,1-10H2,(H,21,27)(H,22,28)(H,23,29)(H,24,30)(H,31,32,33)(H,34,35,36)(H,37,38,39)(H,40,41,42)/t11?,12-,13?,14?,15?,17-/m0/s1. The van der Waals surface area contributed by atoms with E-state index in [0.717, 1.165) is 0 Å². The first-order chi connectivity index (χ1) is 23.3. The number of alkyl carbamates (subject to hydrolysis) is 3. The predicted molar refractivity (Wildman–Crippen MR) is 161 cm³/mol. The number of hydrogen-bond donors (Lipinski definition) is 10. The molecule has 4 amide bonds. The highest BCUT2D eigenvalue weighted by molar-refractivity contribution is 7.86. The van der Waals surface area contributed by atoms with E-state index in [9.17, 15) is 63.1 Å². The molecule has 0 spiro atoms. The number of ether oxygens (including phenoxy) is 5. The molecule has 31 heteroatoms. The fraction of sp³-hybridized carbons (Fsp3) is 0.800. The number of hydrogen-bond acceptors (Lipinski definition) is 19. The van der Waals surface area contributed by atoms with Crippen molar-refractivity contribution in [3.05, 3.63) is 0 Å². The molecule has 4 unspecified atom stereocenters. The maximum Gasteiger partial charge on any atom is 0.407 e. The fourth-order valence-corrected chi connectivity index (χ4v) is 4.99. The van der Waals surface area contributed by atoms with Crippen molar-refractivity contribution in [1.82, 2.24) is 21.3 Å². The first-order valence-electron chi connectivity index (χ1n) is 13.8. The van der Waals surface area contributed by atoms with E-state index in [-0.39, 0.29) is 0 Å². The minimum atomic E-state index is -4.68. The van der Waals surface area contributed by atoms with Crippen molar-refractivity contribution >= 4 is 64.7 Å². The van der Waals surface area contributed by atoms with Crippen LogP contribution in [0.25, 0.3) is 0 Å². The summed E-state index contributed by atoms with van der Waals surface area (Å²) in [6.07, 6.45) is -17.9. The summed E-state index contributed by atoms with van der Waals surface area (Å²) < 4.78 is 150. The van der Waals surface area contributed by atoms with Gasteiger partial charge in [-0.1, -0.05) is 0 Å². The van der Waals surface area contributed by atoms with Crippen LogP contribution >= 0.6 is 0 Å². The molecule has 6 atom stereocenters. The quantitative estimate of drug-likeness (QED) is 0.0403. The molecule has 1 heterocycles. The van der Waals surface area contributed by atoms with E-state index >= 15 is 0 Å². The lowest BCUT2D eigenvalue weighted by molar-refractivity contribution is -0.292. The van der Waals surface area contributed by atoms with Gasteiger partial charge in [0, 0.05) is 26.2 Å². The molecule has 10 N–H and O–H groups in total. The molecule has 1 aliphatic rings. The number of carbonyl (C=O) groups excluding carboxylic acids is 4. The van der Waals surface area contributed by atoms with E-state index in [2.05, 4.69) is 0 Å². The van der Waals surface area contributed by atoms with Gasteiger partial charge in [-0.3, -0.25) is 23.0 Å². The van der Waals surface area contributed by atoms with Crippen molar-refractivity contribution in [2.75, 3.05) is 62.4 Å². The SMILES string of the molecule is O=C(NCCS(=O)(=O)O)OC1C(OC(=O)NCCS(=O)(=O)O)[C@H](OC(=O)NCCS(=O)(=O)O)C(C(=O)NCCS(=O)(=O)O)O[C@@H]1OCC(O)CO. The molecule has 0 bridgehead atoms. The average molecular weight is 829 g/mol. The molecule has 0 aliphatic carbocycles. The second kappa shape index (κ2) is 20.1. The highest BCUT2D eigenvalue weighted by atomic mass is 32.2. The van der Waals surface area contributed by atoms with Crippen LogP contribution < -0.4 is 21.3 Å². The van der Waals surface area contributed by atoms with E-state index < -0.39 is 164 Å². The third kappa shape index (κ3) is 20.4. The Morgan fingerprint density at radius 3 is 1.31 bits per heavy atom. The number of aliphatic hydroxyl groups excluding tert-OH is 2. The monoisotopic (exact) mass is 828 g/mol. The molecule has 0 aromatic carbocycles. The van der Waals surface area contributed by atoms with Crippen molar-refractivity contribution < 1.29 is 105 Å². The second-order valence-electron chi connectivity index (χ2n) is 9.92. The number of rotatable bonds is 20. The zero-order valence-electron chi connectivity index (χ0n) is 25.8. The maximum atomic E-state index is 13.2. The maximum absolute atomic E-state index is 13.2. The van der Waals surface area contributed by atoms with Gasteiger partial charge in [0.2, 0.25) is 0 Å². The fourth-order valence-electron chi connectivity index (χ4n) is 3.55. The van der Waals surface area contributed by atoms with Crippen LogP contribution in [-0.2, 0) is 69.0 Å². The molecule has 0 aromatic heterocycles. The Labute approximate surface area is 289 Å². The van der Waals surface area contributed by atoms with Crippen molar-refractivity contribution in [2.24, 2.45) is 0 Å². The number of amides is 4. The first-order valence-corrected chi connectivity index (χ1v) is 20.2. The highest BCUT2D eigenvalue weighted by Crippen LogP contribution is 2.30. The van der Waals surface area contributed by atoms with E-state index in [0.29, 0.717) is 0 Å². The largest absolute Gasteiger partial charge is 0.439 e. The summed E-state index contributed by atoms with van der Waals surface area (Å²) in [5.41, 5.74) is 0. The van der Waals surface area contributed by atoms with Crippen LogP contribution in [0.5, 0.6) is 0 Å². The summed E-state index contributed by atoms with van der Waals surface area (Å²) in [5.74, 6) is -5.70. The summed E-state index contributed by atoms with van der Waals surface area (Å²) in [7, 11) is -18.6. The second-order valence-corrected chi connectivity index (χ2v) is 16.2. The van der Waals surface area contributed by atoms with Crippen molar-refractivity contribution in [3.63, 3.8) is 0 Å². The van der Waals surface area contributed by atoms with Gasteiger partial charge in [0.15, 0.2) is 30.7 Å².